The van der Waals surface area contributed by atoms with Gasteiger partial charge < -0.3 is 9.47 Å². The number of rotatable bonds is 11. The van der Waals surface area contributed by atoms with Crippen molar-refractivity contribution >= 4 is 5.91 Å². The van der Waals surface area contributed by atoms with E-state index in [-0.39, 0.29) is 11.7 Å². The minimum Gasteiger partial charge on any atom is -0.345 e. The lowest BCUT2D eigenvalue weighted by atomic mass is 10.2. The Labute approximate surface area is 156 Å². The van der Waals surface area contributed by atoms with E-state index < -0.39 is 0 Å². The van der Waals surface area contributed by atoms with E-state index in [1.807, 2.05) is 29.3 Å². The topological polar surface area (TPSA) is 25.2 Å². The predicted molar refractivity (Wildman–Crippen MR) is 104 cm³/mol. The van der Waals surface area contributed by atoms with Gasteiger partial charge in [0.25, 0.3) is 0 Å². The third-order valence-corrected chi connectivity index (χ3v) is 4.67. The molecule has 142 valence electrons. The fourth-order valence-electron chi connectivity index (χ4n) is 3.06. The summed E-state index contributed by atoms with van der Waals surface area (Å²) >= 11 is 0. The summed E-state index contributed by atoms with van der Waals surface area (Å²) in [6.07, 6.45) is 7.98. The van der Waals surface area contributed by atoms with Crippen molar-refractivity contribution in [3.63, 3.8) is 0 Å². The molecular formula is C22H31FN2O. The largest absolute Gasteiger partial charge is 0.345 e. The van der Waals surface area contributed by atoms with Crippen LogP contribution in [0.25, 0.3) is 0 Å². The molecule has 0 aliphatic heterocycles. The molecule has 0 bridgehead atoms. The molecule has 26 heavy (non-hydrogen) atoms. The van der Waals surface area contributed by atoms with Gasteiger partial charge in [0.05, 0.1) is 6.54 Å². The summed E-state index contributed by atoms with van der Waals surface area (Å²) in [6.45, 7) is 6.44. The van der Waals surface area contributed by atoms with Gasteiger partial charge in [-0.15, -0.1) is 0 Å². The average Bonchev–Trinajstić information content (AvgIpc) is 3.07. The van der Waals surface area contributed by atoms with Crippen LogP contribution in [0, 0.1) is 5.82 Å². The Kier molecular flexibility index (Phi) is 8.39. The van der Waals surface area contributed by atoms with Crippen LogP contribution in [0.1, 0.15) is 63.6 Å². The zero-order valence-corrected chi connectivity index (χ0v) is 16.1. The number of amides is 1. The van der Waals surface area contributed by atoms with Gasteiger partial charge in [0.1, 0.15) is 5.82 Å². The lowest BCUT2D eigenvalue weighted by molar-refractivity contribution is -0.132. The van der Waals surface area contributed by atoms with Crippen LogP contribution < -0.4 is 0 Å². The second-order valence-electron chi connectivity index (χ2n) is 6.88. The number of aromatic nitrogens is 1. The van der Waals surface area contributed by atoms with E-state index in [1.165, 1.54) is 12.1 Å². The van der Waals surface area contributed by atoms with Crippen molar-refractivity contribution in [2.75, 3.05) is 6.54 Å². The van der Waals surface area contributed by atoms with Crippen LogP contribution in [-0.4, -0.2) is 21.9 Å². The molecule has 0 aliphatic carbocycles. The summed E-state index contributed by atoms with van der Waals surface area (Å²) < 4.78 is 15.2. The first kappa shape index (κ1) is 20.2. The summed E-state index contributed by atoms with van der Waals surface area (Å²) in [7, 11) is 0. The van der Waals surface area contributed by atoms with Crippen molar-refractivity contribution < 1.29 is 9.18 Å². The standard InChI is InChI=1S/C22H31FN2O/c1-3-5-7-15-25(22(26)10-6-4-2)18-21-9-8-16-24(21)17-19-11-13-20(23)14-12-19/h8-9,11-14,16H,3-7,10,15,17-18H2,1-2H3. The maximum atomic E-state index is 13.1. The van der Waals surface area contributed by atoms with E-state index in [0.29, 0.717) is 19.5 Å². The molecule has 1 heterocycles. The van der Waals surface area contributed by atoms with Crippen LogP contribution >= 0.6 is 0 Å². The number of benzene rings is 1. The van der Waals surface area contributed by atoms with Crippen LogP contribution in [0.5, 0.6) is 0 Å². The molecule has 0 unspecified atom stereocenters. The zero-order chi connectivity index (χ0) is 18.8. The monoisotopic (exact) mass is 358 g/mol. The fourth-order valence-corrected chi connectivity index (χ4v) is 3.06. The Hall–Kier alpha value is -2.10. The molecule has 3 nitrogen and oxygen atoms in total. The van der Waals surface area contributed by atoms with Gasteiger partial charge in [0.15, 0.2) is 0 Å². The van der Waals surface area contributed by atoms with Crippen LogP contribution in [-0.2, 0) is 17.9 Å². The number of carbonyl (C=O) groups is 1. The molecular weight excluding hydrogens is 327 g/mol. The highest BCUT2D eigenvalue weighted by Crippen LogP contribution is 2.14. The van der Waals surface area contributed by atoms with E-state index in [1.54, 1.807) is 0 Å². The van der Waals surface area contributed by atoms with Gasteiger partial charge in [-0.05, 0) is 42.7 Å². The summed E-state index contributed by atoms with van der Waals surface area (Å²) in [4.78, 5) is 14.6. The highest BCUT2D eigenvalue weighted by Gasteiger charge is 2.15. The molecule has 2 rings (SSSR count). The van der Waals surface area contributed by atoms with E-state index in [9.17, 15) is 9.18 Å². The maximum Gasteiger partial charge on any atom is 0.222 e. The van der Waals surface area contributed by atoms with Crippen molar-refractivity contribution in [2.24, 2.45) is 0 Å². The van der Waals surface area contributed by atoms with Gasteiger partial charge >= 0.3 is 0 Å². The highest BCUT2D eigenvalue weighted by molar-refractivity contribution is 5.76. The number of nitrogens with zero attached hydrogens (tertiary/aromatic N) is 2. The number of hydrogen-bond acceptors (Lipinski definition) is 1. The van der Waals surface area contributed by atoms with Crippen LogP contribution in [0.3, 0.4) is 0 Å². The van der Waals surface area contributed by atoms with Crippen molar-refractivity contribution in [1.29, 1.82) is 0 Å². The summed E-state index contributed by atoms with van der Waals surface area (Å²) in [5.41, 5.74) is 2.18. The Morgan fingerprint density at radius 3 is 2.46 bits per heavy atom. The van der Waals surface area contributed by atoms with E-state index in [0.717, 1.165) is 49.9 Å². The van der Waals surface area contributed by atoms with Crippen molar-refractivity contribution in [3.05, 3.63) is 59.7 Å². The molecule has 1 aromatic heterocycles. The maximum absolute atomic E-state index is 13.1. The van der Waals surface area contributed by atoms with Crippen molar-refractivity contribution in [1.82, 2.24) is 9.47 Å². The molecule has 0 N–H and O–H groups in total. The summed E-state index contributed by atoms with van der Waals surface area (Å²) in [6, 6.07) is 10.7. The lowest BCUT2D eigenvalue weighted by Gasteiger charge is -2.24. The molecule has 0 radical (unpaired) electrons. The number of hydrogen-bond donors (Lipinski definition) is 0. The summed E-state index contributed by atoms with van der Waals surface area (Å²) in [5, 5.41) is 0. The average molecular weight is 359 g/mol. The first-order chi connectivity index (χ1) is 12.6. The number of carbonyl (C=O) groups excluding carboxylic acids is 1. The number of unbranched alkanes of at least 4 members (excludes halogenated alkanes) is 3. The Morgan fingerprint density at radius 1 is 1.04 bits per heavy atom. The third-order valence-electron chi connectivity index (χ3n) is 4.67. The Balaban J connectivity index is 2.05. The fraction of sp³-hybridized carbons (Fsp3) is 0.500. The lowest BCUT2D eigenvalue weighted by Crippen LogP contribution is -2.32. The quantitative estimate of drug-likeness (QED) is 0.495. The minimum atomic E-state index is -0.218. The van der Waals surface area contributed by atoms with Gasteiger partial charge in [-0.2, -0.15) is 0 Å². The molecule has 1 amide bonds. The van der Waals surface area contributed by atoms with Gasteiger partial charge in [0.2, 0.25) is 5.91 Å². The smallest absolute Gasteiger partial charge is 0.222 e. The van der Waals surface area contributed by atoms with Gasteiger partial charge in [-0.3, -0.25) is 4.79 Å². The third kappa shape index (κ3) is 6.32. The molecule has 1 aromatic carbocycles. The van der Waals surface area contributed by atoms with E-state index in [4.69, 9.17) is 0 Å². The van der Waals surface area contributed by atoms with Gasteiger partial charge in [0, 0.05) is 31.4 Å². The highest BCUT2D eigenvalue weighted by atomic mass is 19.1. The summed E-state index contributed by atoms with van der Waals surface area (Å²) in [5.74, 6) is 0.0302. The predicted octanol–water partition coefficient (Wildman–Crippen LogP) is 5.38. The zero-order valence-electron chi connectivity index (χ0n) is 16.1. The second kappa shape index (κ2) is 10.8. The van der Waals surface area contributed by atoms with E-state index in [2.05, 4.69) is 24.5 Å². The normalized spacial score (nSPS) is 10.9. The molecule has 0 aliphatic rings. The minimum absolute atomic E-state index is 0.218. The van der Waals surface area contributed by atoms with Crippen molar-refractivity contribution in [2.45, 2.75) is 65.5 Å². The Bertz CT molecular complexity index is 663. The Morgan fingerprint density at radius 2 is 1.77 bits per heavy atom. The molecule has 0 saturated carbocycles. The SMILES string of the molecule is CCCCCN(Cc1cccn1Cc1ccc(F)cc1)C(=O)CCCC. The number of halogens is 1. The molecule has 0 fully saturated rings. The molecule has 2 aromatic rings. The molecule has 0 spiro atoms. The molecule has 0 saturated heterocycles. The van der Waals surface area contributed by atoms with Crippen LogP contribution in [0.4, 0.5) is 4.39 Å². The molecule has 0 atom stereocenters. The van der Waals surface area contributed by atoms with E-state index >= 15 is 0 Å². The van der Waals surface area contributed by atoms with Gasteiger partial charge in [-0.1, -0.05) is 45.2 Å². The first-order valence-corrected chi connectivity index (χ1v) is 9.80. The van der Waals surface area contributed by atoms with Crippen LogP contribution in [0.15, 0.2) is 42.6 Å². The first-order valence-electron chi connectivity index (χ1n) is 9.80. The second-order valence-corrected chi connectivity index (χ2v) is 6.88. The van der Waals surface area contributed by atoms with Crippen molar-refractivity contribution in [3.8, 4) is 0 Å². The molecule has 4 heteroatoms. The van der Waals surface area contributed by atoms with Crippen LogP contribution in [0.2, 0.25) is 0 Å². The van der Waals surface area contributed by atoms with Gasteiger partial charge in [-0.25, -0.2) is 4.39 Å².